The van der Waals surface area contributed by atoms with Crippen LogP contribution in [0.15, 0.2) is 53.4 Å². The van der Waals surface area contributed by atoms with Crippen LogP contribution in [0.5, 0.6) is 0 Å². The molecule has 2 aromatic rings. The number of esters is 1. The highest BCUT2D eigenvalue weighted by molar-refractivity contribution is 7.92. The molecule has 1 aliphatic carbocycles. The number of benzene rings is 2. The van der Waals surface area contributed by atoms with Crippen molar-refractivity contribution < 1.29 is 27.1 Å². The van der Waals surface area contributed by atoms with Gasteiger partial charge in [0.25, 0.3) is 10.0 Å². The van der Waals surface area contributed by atoms with Crippen molar-refractivity contribution in [3.8, 4) is 0 Å². The minimum atomic E-state index is -3.87. The van der Waals surface area contributed by atoms with Gasteiger partial charge in [0.2, 0.25) is 0 Å². The lowest BCUT2D eigenvalue weighted by molar-refractivity contribution is -0.129. The molecule has 27 heavy (non-hydrogen) atoms. The largest absolute Gasteiger partial charge is 0.451 e. The minimum Gasteiger partial charge on any atom is -0.451 e. The molecular formula is C19H18FNO5S. The van der Waals surface area contributed by atoms with E-state index in [9.17, 15) is 22.4 Å². The van der Waals surface area contributed by atoms with Gasteiger partial charge in [-0.1, -0.05) is 0 Å². The fourth-order valence-electron chi connectivity index (χ4n) is 2.78. The summed E-state index contributed by atoms with van der Waals surface area (Å²) in [4.78, 5) is 23.8. The van der Waals surface area contributed by atoms with Gasteiger partial charge in [-0.25, -0.2) is 17.6 Å². The van der Waals surface area contributed by atoms with E-state index in [2.05, 4.69) is 4.72 Å². The maximum atomic E-state index is 12.9. The fraction of sp³-hybridized carbons (Fsp3) is 0.263. The molecule has 0 heterocycles. The average Bonchev–Trinajstić information content (AvgIpc) is 2.64. The van der Waals surface area contributed by atoms with Gasteiger partial charge in [-0.05, 0) is 67.8 Å². The molecule has 6 nitrogen and oxygen atoms in total. The number of anilines is 1. The van der Waals surface area contributed by atoms with E-state index in [1.54, 1.807) is 0 Å². The minimum absolute atomic E-state index is 0.0710. The third kappa shape index (κ3) is 4.71. The number of ketones is 1. The Bertz CT molecular complexity index is 939. The van der Waals surface area contributed by atoms with E-state index in [0.29, 0.717) is 12.8 Å². The van der Waals surface area contributed by atoms with Crippen LogP contribution in [-0.4, -0.2) is 26.3 Å². The molecule has 0 aromatic heterocycles. The number of carbonyl (C=O) groups is 2. The van der Waals surface area contributed by atoms with Crippen molar-refractivity contribution in [1.82, 2.24) is 0 Å². The Kier molecular flexibility index (Phi) is 5.55. The molecule has 1 fully saturated rings. The quantitative estimate of drug-likeness (QED) is 0.790. The molecule has 0 aliphatic heterocycles. The number of ether oxygens (including phenoxy) is 1. The van der Waals surface area contributed by atoms with Crippen molar-refractivity contribution in [2.75, 3.05) is 4.72 Å². The van der Waals surface area contributed by atoms with Crippen molar-refractivity contribution in [1.29, 1.82) is 0 Å². The van der Waals surface area contributed by atoms with E-state index in [1.807, 2.05) is 0 Å². The molecule has 1 aliphatic rings. The summed E-state index contributed by atoms with van der Waals surface area (Å²) in [6, 6.07) is 10.1. The molecule has 1 atom stereocenters. The summed E-state index contributed by atoms with van der Waals surface area (Å²) in [5.74, 6) is -1.23. The Morgan fingerprint density at radius 3 is 2.33 bits per heavy atom. The smallest absolute Gasteiger partial charge is 0.338 e. The lowest BCUT2D eigenvalue weighted by Gasteiger charge is -2.20. The SMILES string of the molecule is O=C(OC1CCCCC1=O)c1ccc(NS(=O)(=O)c2ccc(F)cc2)cc1. The number of carbonyl (C=O) groups excluding carboxylic acids is 2. The maximum absolute atomic E-state index is 12.9. The molecule has 0 spiro atoms. The van der Waals surface area contributed by atoms with Crippen molar-refractivity contribution >= 4 is 27.5 Å². The summed E-state index contributed by atoms with van der Waals surface area (Å²) < 4.78 is 45.1. The lowest BCUT2D eigenvalue weighted by atomic mass is 9.96. The molecule has 1 N–H and O–H groups in total. The molecule has 0 radical (unpaired) electrons. The number of sulfonamides is 1. The molecule has 0 amide bonds. The van der Waals surface area contributed by atoms with Crippen LogP contribution in [0.4, 0.5) is 10.1 Å². The van der Waals surface area contributed by atoms with E-state index in [0.717, 1.165) is 37.1 Å². The second kappa shape index (κ2) is 7.87. The molecular weight excluding hydrogens is 373 g/mol. The average molecular weight is 391 g/mol. The number of halogens is 1. The Hall–Kier alpha value is -2.74. The van der Waals surface area contributed by atoms with Gasteiger partial charge in [-0.15, -0.1) is 0 Å². The normalized spacial score (nSPS) is 17.4. The maximum Gasteiger partial charge on any atom is 0.338 e. The Morgan fingerprint density at radius 1 is 1.04 bits per heavy atom. The van der Waals surface area contributed by atoms with Gasteiger partial charge >= 0.3 is 5.97 Å². The first-order chi connectivity index (χ1) is 12.8. The summed E-state index contributed by atoms with van der Waals surface area (Å²) in [7, 11) is -3.87. The Balaban J connectivity index is 1.67. The van der Waals surface area contributed by atoms with Crippen LogP contribution in [0.2, 0.25) is 0 Å². The van der Waals surface area contributed by atoms with Crippen LogP contribution in [-0.2, 0) is 19.6 Å². The van der Waals surface area contributed by atoms with Crippen LogP contribution in [0.1, 0.15) is 36.0 Å². The van der Waals surface area contributed by atoms with Crippen molar-refractivity contribution in [2.45, 2.75) is 36.7 Å². The van der Waals surface area contributed by atoms with Crippen molar-refractivity contribution in [3.63, 3.8) is 0 Å². The highest BCUT2D eigenvalue weighted by Gasteiger charge is 2.26. The molecule has 142 valence electrons. The van der Waals surface area contributed by atoms with Gasteiger partial charge in [0, 0.05) is 12.1 Å². The number of nitrogens with one attached hydrogen (secondary N) is 1. The van der Waals surface area contributed by atoms with Gasteiger partial charge in [0.05, 0.1) is 10.5 Å². The van der Waals surface area contributed by atoms with Crippen molar-refractivity contribution in [2.24, 2.45) is 0 Å². The molecule has 3 rings (SSSR count). The van der Waals surface area contributed by atoms with Gasteiger partial charge in [-0.3, -0.25) is 9.52 Å². The summed E-state index contributed by atoms with van der Waals surface area (Å²) in [5, 5.41) is 0. The van der Waals surface area contributed by atoms with Crippen LogP contribution < -0.4 is 4.72 Å². The first-order valence-electron chi connectivity index (χ1n) is 8.47. The second-order valence-electron chi connectivity index (χ2n) is 6.24. The Labute approximate surface area is 156 Å². The van der Waals surface area contributed by atoms with Gasteiger partial charge in [-0.2, -0.15) is 0 Å². The predicted octanol–water partition coefficient (Wildman–Crippen LogP) is 3.30. The molecule has 1 saturated carbocycles. The number of Topliss-reactive ketones (excluding diaryl/α,β-unsaturated/α-hetero) is 1. The van der Waals surface area contributed by atoms with Gasteiger partial charge in [0.1, 0.15) is 5.82 Å². The molecule has 8 heteroatoms. The zero-order chi connectivity index (χ0) is 19.4. The van der Waals surface area contributed by atoms with Crippen LogP contribution >= 0.6 is 0 Å². The van der Waals surface area contributed by atoms with Crippen LogP contribution in [0.25, 0.3) is 0 Å². The number of hydrogen-bond acceptors (Lipinski definition) is 5. The Morgan fingerprint density at radius 2 is 1.70 bits per heavy atom. The molecule has 1 unspecified atom stereocenters. The lowest BCUT2D eigenvalue weighted by Crippen LogP contribution is -2.30. The van der Waals surface area contributed by atoms with E-state index in [1.165, 1.54) is 24.3 Å². The predicted molar refractivity (Wildman–Crippen MR) is 96.3 cm³/mol. The van der Waals surface area contributed by atoms with Gasteiger partial charge in [0.15, 0.2) is 11.9 Å². The zero-order valence-corrected chi connectivity index (χ0v) is 15.2. The van der Waals surface area contributed by atoms with E-state index in [4.69, 9.17) is 4.74 Å². The molecule has 0 bridgehead atoms. The van der Waals surface area contributed by atoms with E-state index >= 15 is 0 Å². The second-order valence-corrected chi connectivity index (χ2v) is 7.93. The van der Waals surface area contributed by atoms with Crippen LogP contribution in [0, 0.1) is 5.82 Å². The van der Waals surface area contributed by atoms with Crippen LogP contribution in [0.3, 0.4) is 0 Å². The van der Waals surface area contributed by atoms with E-state index in [-0.39, 0.29) is 21.9 Å². The number of hydrogen-bond donors (Lipinski definition) is 1. The summed E-state index contributed by atoms with van der Waals surface area (Å²) >= 11 is 0. The molecule has 0 saturated heterocycles. The highest BCUT2D eigenvalue weighted by Crippen LogP contribution is 2.20. The number of rotatable bonds is 5. The third-order valence-electron chi connectivity index (χ3n) is 4.24. The summed E-state index contributed by atoms with van der Waals surface area (Å²) in [6.45, 7) is 0. The van der Waals surface area contributed by atoms with E-state index < -0.39 is 27.9 Å². The summed E-state index contributed by atoms with van der Waals surface area (Å²) in [6.07, 6.45) is 1.90. The standard InChI is InChI=1S/C19H18FNO5S/c20-14-7-11-16(12-8-14)27(24,25)21-15-9-5-13(6-10-15)19(23)26-18-4-2-1-3-17(18)22/h5-12,18,21H,1-4H2. The summed E-state index contributed by atoms with van der Waals surface area (Å²) in [5.41, 5.74) is 0.461. The monoisotopic (exact) mass is 391 g/mol. The topological polar surface area (TPSA) is 89.5 Å². The fourth-order valence-corrected chi connectivity index (χ4v) is 3.83. The highest BCUT2D eigenvalue weighted by atomic mass is 32.2. The third-order valence-corrected chi connectivity index (χ3v) is 5.64. The zero-order valence-electron chi connectivity index (χ0n) is 14.4. The first kappa shape index (κ1) is 19.0. The molecule has 2 aromatic carbocycles. The van der Waals surface area contributed by atoms with Gasteiger partial charge < -0.3 is 4.74 Å². The first-order valence-corrected chi connectivity index (χ1v) is 9.96. The van der Waals surface area contributed by atoms with Crippen molar-refractivity contribution in [3.05, 3.63) is 59.9 Å².